The summed E-state index contributed by atoms with van der Waals surface area (Å²) in [6.45, 7) is 4.20. The van der Waals surface area contributed by atoms with Crippen molar-refractivity contribution >= 4 is 0 Å². The summed E-state index contributed by atoms with van der Waals surface area (Å²) in [5.74, 6) is 0.262. The van der Waals surface area contributed by atoms with Crippen LogP contribution < -0.4 is 5.73 Å². The van der Waals surface area contributed by atoms with Crippen LogP contribution in [0.15, 0.2) is 35.6 Å². The Morgan fingerprint density at radius 2 is 1.91 bits per heavy atom. The van der Waals surface area contributed by atoms with Gasteiger partial charge in [-0.25, -0.2) is 0 Å². The summed E-state index contributed by atoms with van der Waals surface area (Å²) in [7, 11) is 0. The number of hydrogen-bond donors (Lipinski definition) is 2. The van der Waals surface area contributed by atoms with E-state index in [1.165, 1.54) is 0 Å². The quantitative estimate of drug-likeness (QED) is 0.480. The summed E-state index contributed by atoms with van der Waals surface area (Å²) in [4.78, 5) is 0. The SMILES string of the molecule is C/C=C(O)/C=C\C(=C/C)CN. The van der Waals surface area contributed by atoms with E-state index in [1.807, 2.05) is 13.0 Å². The third kappa shape index (κ3) is 4.39. The van der Waals surface area contributed by atoms with Crippen molar-refractivity contribution in [1.29, 1.82) is 0 Å². The van der Waals surface area contributed by atoms with Gasteiger partial charge in [-0.2, -0.15) is 0 Å². The zero-order valence-corrected chi connectivity index (χ0v) is 7.04. The van der Waals surface area contributed by atoms with Crippen molar-refractivity contribution in [3.8, 4) is 0 Å². The van der Waals surface area contributed by atoms with Gasteiger partial charge in [-0.3, -0.25) is 0 Å². The molecule has 0 aromatic carbocycles. The monoisotopic (exact) mass is 153 g/mol. The predicted molar refractivity (Wildman–Crippen MR) is 48.3 cm³/mol. The summed E-state index contributed by atoms with van der Waals surface area (Å²) in [5, 5.41) is 9.00. The van der Waals surface area contributed by atoms with Crippen molar-refractivity contribution in [2.24, 2.45) is 5.73 Å². The zero-order chi connectivity index (χ0) is 8.69. The molecular weight excluding hydrogens is 138 g/mol. The van der Waals surface area contributed by atoms with Gasteiger partial charge >= 0.3 is 0 Å². The summed E-state index contributed by atoms with van der Waals surface area (Å²) in [5.41, 5.74) is 6.40. The van der Waals surface area contributed by atoms with E-state index in [0.717, 1.165) is 5.57 Å². The van der Waals surface area contributed by atoms with Crippen LogP contribution in [0.3, 0.4) is 0 Å². The lowest BCUT2D eigenvalue weighted by Gasteiger charge is -1.93. The van der Waals surface area contributed by atoms with Gasteiger partial charge in [0.2, 0.25) is 0 Å². The van der Waals surface area contributed by atoms with Gasteiger partial charge in [0.15, 0.2) is 0 Å². The Labute approximate surface area is 67.7 Å². The molecule has 11 heavy (non-hydrogen) atoms. The lowest BCUT2D eigenvalue weighted by molar-refractivity contribution is 0.431. The highest BCUT2D eigenvalue weighted by Crippen LogP contribution is 1.97. The van der Waals surface area contributed by atoms with Gasteiger partial charge in [-0.1, -0.05) is 12.2 Å². The van der Waals surface area contributed by atoms with Crippen LogP contribution in [0.25, 0.3) is 0 Å². The fraction of sp³-hybridized carbons (Fsp3) is 0.333. The predicted octanol–water partition coefficient (Wildman–Crippen LogP) is 1.91. The molecule has 2 nitrogen and oxygen atoms in total. The first-order chi connectivity index (χ1) is 5.24. The van der Waals surface area contributed by atoms with Crippen LogP contribution in [0.1, 0.15) is 13.8 Å². The van der Waals surface area contributed by atoms with Crippen molar-refractivity contribution in [2.45, 2.75) is 13.8 Å². The maximum atomic E-state index is 9.00. The topological polar surface area (TPSA) is 46.2 Å². The van der Waals surface area contributed by atoms with Gasteiger partial charge in [0, 0.05) is 6.54 Å². The summed E-state index contributed by atoms with van der Waals surface area (Å²) in [6.07, 6.45) is 6.97. The normalized spacial score (nSPS) is 14.5. The molecule has 0 spiro atoms. The summed E-state index contributed by atoms with van der Waals surface area (Å²) < 4.78 is 0. The van der Waals surface area contributed by atoms with Gasteiger partial charge in [0.05, 0.1) is 0 Å². The number of hydrogen-bond acceptors (Lipinski definition) is 2. The Kier molecular flexibility index (Phi) is 5.21. The van der Waals surface area contributed by atoms with Crippen molar-refractivity contribution in [2.75, 3.05) is 6.54 Å². The van der Waals surface area contributed by atoms with Gasteiger partial charge in [0.25, 0.3) is 0 Å². The van der Waals surface area contributed by atoms with Gasteiger partial charge < -0.3 is 10.8 Å². The Morgan fingerprint density at radius 3 is 2.27 bits per heavy atom. The molecule has 0 aromatic rings. The first kappa shape index (κ1) is 9.98. The van der Waals surface area contributed by atoms with E-state index in [1.54, 1.807) is 25.2 Å². The van der Waals surface area contributed by atoms with Crippen molar-refractivity contribution in [3.63, 3.8) is 0 Å². The minimum absolute atomic E-state index is 0.262. The Morgan fingerprint density at radius 1 is 1.27 bits per heavy atom. The number of aliphatic hydroxyl groups is 1. The van der Waals surface area contributed by atoms with E-state index in [-0.39, 0.29) is 5.76 Å². The van der Waals surface area contributed by atoms with E-state index in [4.69, 9.17) is 10.8 Å². The van der Waals surface area contributed by atoms with Crippen LogP contribution in [0.4, 0.5) is 0 Å². The van der Waals surface area contributed by atoms with Crippen LogP contribution in [-0.4, -0.2) is 11.7 Å². The second kappa shape index (κ2) is 5.74. The molecule has 3 N–H and O–H groups in total. The second-order valence-electron chi connectivity index (χ2n) is 2.11. The average molecular weight is 153 g/mol. The number of aliphatic hydroxyl groups excluding tert-OH is 1. The molecule has 0 saturated heterocycles. The molecule has 2 heteroatoms. The van der Waals surface area contributed by atoms with E-state index in [9.17, 15) is 0 Å². The highest BCUT2D eigenvalue weighted by molar-refractivity contribution is 5.24. The fourth-order valence-corrected chi connectivity index (χ4v) is 0.571. The Bertz CT molecular complexity index is 190. The molecule has 0 aliphatic carbocycles. The standard InChI is InChI=1S/C9H15NO/c1-3-8(7-10)5-6-9(11)4-2/h3-6,11H,7,10H2,1-2H3/b6-5-,8-3+,9-4-. The fourth-order valence-electron chi connectivity index (χ4n) is 0.571. The van der Waals surface area contributed by atoms with E-state index < -0.39 is 0 Å². The number of rotatable bonds is 3. The molecule has 0 radical (unpaired) electrons. The lowest BCUT2D eigenvalue weighted by Crippen LogP contribution is -2.00. The maximum absolute atomic E-state index is 9.00. The number of allylic oxidation sites excluding steroid dienone is 3. The van der Waals surface area contributed by atoms with Crippen LogP contribution in [0.2, 0.25) is 0 Å². The molecule has 0 heterocycles. The summed E-state index contributed by atoms with van der Waals surface area (Å²) >= 11 is 0. The molecular formula is C9H15NO. The Hall–Kier alpha value is -1.02. The minimum Gasteiger partial charge on any atom is -0.508 e. The second-order valence-corrected chi connectivity index (χ2v) is 2.11. The van der Waals surface area contributed by atoms with Crippen LogP contribution in [0, 0.1) is 0 Å². The first-order valence-electron chi connectivity index (χ1n) is 3.63. The third-order valence-electron chi connectivity index (χ3n) is 1.37. The van der Waals surface area contributed by atoms with E-state index >= 15 is 0 Å². The molecule has 0 saturated carbocycles. The van der Waals surface area contributed by atoms with Crippen molar-refractivity contribution < 1.29 is 5.11 Å². The molecule has 0 aliphatic heterocycles. The molecule has 0 unspecified atom stereocenters. The Balaban J connectivity index is 4.12. The maximum Gasteiger partial charge on any atom is 0.111 e. The van der Waals surface area contributed by atoms with Crippen molar-refractivity contribution in [1.82, 2.24) is 0 Å². The van der Waals surface area contributed by atoms with Gasteiger partial charge in [-0.15, -0.1) is 0 Å². The highest BCUT2D eigenvalue weighted by atomic mass is 16.3. The first-order valence-corrected chi connectivity index (χ1v) is 3.63. The molecule has 0 rings (SSSR count). The van der Waals surface area contributed by atoms with Crippen LogP contribution in [-0.2, 0) is 0 Å². The molecule has 0 atom stereocenters. The molecule has 0 fully saturated rings. The molecule has 0 bridgehead atoms. The smallest absolute Gasteiger partial charge is 0.111 e. The largest absolute Gasteiger partial charge is 0.508 e. The van der Waals surface area contributed by atoms with Gasteiger partial charge in [-0.05, 0) is 31.6 Å². The number of nitrogens with two attached hydrogens (primary N) is 1. The van der Waals surface area contributed by atoms with Crippen LogP contribution >= 0.6 is 0 Å². The lowest BCUT2D eigenvalue weighted by atomic mass is 10.2. The van der Waals surface area contributed by atoms with E-state index in [0.29, 0.717) is 6.54 Å². The van der Waals surface area contributed by atoms with Crippen molar-refractivity contribution in [3.05, 3.63) is 35.6 Å². The minimum atomic E-state index is 0.262. The highest BCUT2D eigenvalue weighted by Gasteiger charge is 1.85. The molecule has 0 aromatic heterocycles. The van der Waals surface area contributed by atoms with Crippen LogP contribution in [0.5, 0.6) is 0 Å². The summed E-state index contributed by atoms with van der Waals surface area (Å²) in [6, 6.07) is 0. The zero-order valence-electron chi connectivity index (χ0n) is 7.04. The van der Waals surface area contributed by atoms with Gasteiger partial charge in [0.1, 0.15) is 5.76 Å². The average Bonchev–Trinajstić information content (AvgIpc) is 2.06. The van der Waals surface area contributed by atoms with E-state index in [2.05, 4.69) is 0 Å². The third-order valence-corrected chi connectivity index (χ3v) is 1.37. The molecule has 0 amide bonds. The molecule has 62 valence electrons. The molecule has 0 aliphatic rings.